The first-order valence-corrected chi connectivity index (χ1v) is 11.2. The van der Waals surface area contributed by atoms with Crippen molar-refractivity contribution < 1.29 is 57.4 Å². The van der Waals surface area contributed by atoms with Crippen LogP contribution in [0.5, 0.6) is 0 Å². The zero-order chi connectivity index (χ0) is 22.7. The van der Waals surface area contributed by atoms with E-state index in [1.54, 1.807) is 0 Å². The highest BCUT2D eigenvalue weighted by Gasteiger charge is 2.46. The Hall–Kier alpha value is -1.26. The Morgan fingerprint density at radius 2 is 1.93 bits per heavy atom. The van der Waals surface area contributed by atoms with Crippen molar-refractivity contribution in [3.63, 3.8) is 0 Å². The lowest BCUT2D eigenvalue weighted by Gasteiger charge is -2.21. The number of nitrogens with two attached hydrogens (primary N) is 1. The molecule has 2 rings (SSSR count). The van der Waals surface area contributed by atoms with E-state index in [0.717, 1.165) is 10.8 Å². The normalized spacial score (nSPS) is 27.7. The first-order valence-electron chi connectivity index (χ1n) is 8.16. The molecule has 172 valence electrons. The molecule has 2 heterocycles. The average Bonchev–Trinajstić information content (AvgIpc) is 2.91. The number of rotatable bonds is 10. The highest BCUT2D eigenvalue weighted by molar-refractivity contribution is 7.61. The van der Waals surface area contributed by atoms with Crippen LogP contribution in [-0.2, 0) is 27.2 Å². The number of aromatic nitrogens is 2. The molecule has 16 nitrogen and oxygen atoms in total. The van der Waals surface area contributed by atoms with E-state index in [0.29, 0.717) is 0 Å². The molecule has 0 saturated carbocycles. The van der Waals surface area contributed by atoms with Gasteiger partial charge in [-0.05, 0) is 6.07 Å². The zero-order valence-corrected chi connectivity index (χ0v) is 16.9. The summed E-state index contributed by atoms with van der Waals surface area (Å²) in [7, 11) is -10.4. The average molecular weight is 477 g/mol. The largest absolute Gasteiger partial charge is 0.483 e. The quantitative estimate of drug-likeness (QED) is 0.166. The van der Waals surface area contributed by atoms with Crippen LogP contribution in [0, 0.1) is 0 Å². The van der Waals surface area contributed by atoms with E-state index < -0.39 is 71.8 Å². The molecule has 30 heavy (non-hydrogen) atoms. The molecule has 0 bridgehead atoms. The van der Waals surface area contributed by atoms with Crippen molar-refractivity contribution in [3.8, 4) is 0 Å². The lowest BCUT2D eigenvalue weighted by molar-refractivity contribution is -0.0561. The first-order chi connectivity index (χ1) is 13.8. The van der Waals surface area contributed by atoms with Crippen LogP contribution in [0.4, 0.5) is 5.82 Å². The second-order valence-electron chi connectivity index (χ2n) is 6.04. The summed E-state index contributed by atoms with van der Waals surface area (Å²) in [5, 5.41) is 38.2. The molecule has 6 atom stereocenters. The Bertz CT molecular complexity index is 875. The summed E-state index contributed by atoms with van der Waals surface area (Å²) in [4.78, 5) is 33.1. The van der Waals surface area contributed by atoms with E-state index in [1.165, 1.54) is 6.07 Å². The minimum atomic E-state index is -5.39. The second-order valence-corrected chi connectivity index (χ2v) is 9.08. The fraction of sp³-hybridized carbons (Fsp3) is 0.667. The summed E-state index contributed by atoms with van der Waals surface area (Å²) in [5.74, 6) is -0.0955. The van der Waals surface area contributed by atoms with Gasteiger partial charge in [0.05, 0.1) is 19.8 Å². The molecule has 0 spiro atoms. The maximum Gasteiger partial charge on any atom is 0.483 e. The van der Waals surface area contributed by atoms with Gasteiger partial charge in [0.1, 0.15) is 30.2 Å². The lowest BCUT2D eigenvalue weighted by atomic mass is 10.1. The Kier molecular flexibility index (Phi) is 8.26. The molecule has 4 unspecified atom stereocenters. The van der Waals surface area contributed by atoms with Gasteiger partial charge >= 0.3 is 21.3 Å². The third-order valence-corrected chi connectivity index (χ3v) is 6.28. The van der Waals surface area contributed by atoms with Crippen molar-refractivity contribution in [2.45, 2.75) is 30.6 Å². The van der Waals surface area contributed by atoms with Crippen LogP contribution in [0.15, 0.2) is 17.1 Å². The van der Waals surface area contributed by atoms with Gasteiger partial charge in [-0.15, -0.1) is 0 Å². The number of phosphoric acid groups is 2. The zero-order valence-electron chi connectivity index (χ0n) is 15.1. The van der Waals surface area contributed by atoms with Gasteiger partial charge in [-0.1, -0.05) is 0 Å². The number of anilines is 1. The van der Waals surface area contributed by atoms with Gasteiger partial charge in [-0.25, -0.2) is 13.9 Å². The molecule has 18 heteroatoms. The minimum Gasteiger partial charge on any atom is -0.394 e. The van der Waals surface area contributed by atoms with Crippen molar-refractivity contribution in [3.05, 3.63) is 22.7 Å². The lowest BCUT2D eigenvalue weighted by Crippen LogP contribution is -2.36. The van der Waals surface area contributed by atoms with Gasteiger partial charge in [0.25, 0.3) is 0 Å². The smallest absolute Gasteiger partial charge is 0.394 e. The molecular formula is C12H21N3O13P2. The molecule has 0 aliphatic carbocycles. The van der Waals surface area contributed by atoms with Gasteiger partial charge in [0, 0.05) is 6.20 Å². The minimum absolute atomic E-state index is 0.0955. The Labute approximate surface area is 168 Å². The van der Waals surface area contributed by atoms with E-state index in [2.05, 4.69) is 13.8 Å². The molecule has 1 aromatic rings. The number of aliphatic hydroxyl groups is 4. The number of phosphoric ester groups is 1. The number of aliphatic hydroxyl groups excluding tert-OH is 4. The molecule has 1 aliphatic heterocycles. The summed E-state index contributed by atoms with van der Waals surface area (Å²) in [6.45, 7) is -2.57. The first kappa shape index (κ1) is 25.0. The van der Waals surface area contributed by atoms with Gasteiger partial charge in [-0.2, -0.15) is 9.29 Å². The summed E-state index contributed by atoms with van der Waals surface area (Å²) in [6, 6.07) is 1.23. The van der Waals surface area contributed by atoms with Crippen molar-refractivity contribution in [1.29, 1.82) is 0 Å². The molecular weight excluding hydrogens is 456 g/mol. The molecule has 8 N–H and O–H groups in total. The summed E-state index contributed by atoms with van der Waals surface area (Å²) < 4.78 is 42.9. The third kappa shape index (κ3) is 6.62. The number of hydrogen-bond donors (Lipinski definition) is 7. The van der Waals surface area contributed by atoms with Crippen LogP contribution in [-0.4, -0.2) is 84.0 Å². The summed E-state index contributed by atoms with van der Waals surface area (Å²) >= 11 is 0. The number of nitrogens with zero attached hydrogens (tertiary/aromatic N) is 2. The Morgan fingerprint density at radius 3 is 2.50 bits per heavy atom. The Balaban J connectivity index is 2.11. The third-order valence-electron chi connectivity index (χ3n) is 3.70. The predicted octanol–water partition coefficient (Wildman–Crippen LogP) is -2.95. The maximum atomic E-state index is 12.4. The van der Waals surface area contributed by atoms with Crippen LogP contribution >= 0.6 is 15.6 Å². The van der Waals surface area contributed by atoms with Crippen LogP contribution in [0.25, 0.3) is 0 Å². The van der Waals surface area contributed by atoms with Crippen molar-refractivity contribution in [1.82, 2.24) is 9.55 Å². The predicted molar refractivity (Wildman–Crippen MR) is 94.6 cm³/mol. The maximum absolute atomic E-state index is 12.4. The van der Waals surface area contributed by atoms with Gasteiger partial charge in [0.2, 0.25) is 0 Å². The van der Waals surface area contributed by atoms with Crippen LogP contribution in [0.2, 0.25) is 0 Å². The van der Waals surface area contributed by atoms with E-state index in [9.17, 15) is 29.2 Å². The number of ether oxygens (including phenoxy) is 1. The van der Waals surface area contributed by atoms with Crippen LogP contribution < -0.4 is 11.4 Å². The van der Waals surface area contributed by atoms with Crippen LogP contribution in [0.3, 0.4) is 0 Å². The molecule has 0 radical (unpaired) electrons. The van der Waals surface area contributed by atoms with E-state index in [4.69, 9.17) is 29.9 Å². The fourth-order valence-corrected chi connectivity index (χ4v) is 4.50. The fourth-order valence-electron chi connectivity index (χ4n) is 2.33. The van der Waals surface area contributed by atoms with E-state index in [1.807, 2.05) is 0 Å². The van der Waals surface area contributed by atoms with E-state index in [-0.39, 0.29) is 5.82 Å². The van der Waals surface area contributed by atoms with Crippen LogP contribution in [0.1, 0.15) is 6.23 Å². The molecule has 0 aromatic carbocycles. The second kappa shape index (κ2) is 9.91. The topological polar surface area (TPSA) is 253 Å². The summed E-state index contributed by atoms with van der Waals surface area (Å²) in [5.41, 5.74) is 4.47. The molecule has 1 aliphatic rings. The van der Waals surface area contributed by atoms with Crippen molar-refractivity contribution >= 4 is 21.5 Å². The van der Waals surface area contributed by atoms with E-state index >= 15 is 0 Å². The molecule has 1 fully saturated rings. The SMILES string of the molecule is Nc1ccn([C@@H]2O[C@H](COP(=O)(OCC(O)CO)OP(=O)(O)O)C(O)C2O)c(=O)n1. The highest BCUT2D eigenvalue weighted by Crippen LogP contribution is 2.61. The number of hydrogen-bond acceptors (Lipinski definition) is 13. The van der Waals surface area contributed by atoms with Crippen molar-refractivity contribution in [2.75, 3.05) is 25.6 Å². The number of nitrogen functional groups attached to an aromatic ring is 1. The van der Waals surface area contributed by atoms with Crippen molar-refractivity contribution in [2.24, 2.45) is 0 Å². The van der Waals surface area contributed by atoms with Gasteiger partial charge in [0.15, 0.2) is 6.23 Å². The summed E-state index contributed by atoms with van der Waals surface area (Å²) in [6.07, 6.45) is -6.66. The molecule has 0 amide bonds. The van der Waals surface area contributed by atoms with Gasteiger partial charge < -0.3 is 40.7 Å². The monoisotopic (exact) mass is 477 g/mol. The molecule has 1 aromatic heterocycles. The standard InChI is InChI=1S/C12H21N3O13P2/c13-8-1-2-15(12(20)14-8)11-10(19)9(18)7(27-11)5-26-30(24,28-29(21,22)23)25-4-6(17)3-16/h1-2,6-7,9-11,16-19H,3-5H2,(H2,13,14,20)(H2,21,22,23)/t6?,7-,9?,10?,11-,30?/m1/s1. The Morgan fingerprint density at radius 1 is 1.27 bits per heavy atom. The molecule has 1 saturated heterocycles. The van der Waals surface area contributed by atoms with Gasteiger partial charge in [-0.3, -0.25) is 13.6 Å². The highest BCUT2D eigenvalue weighted by atomic mass is 31.3.